The zero-order chi connectivity index (χ0) is 7.40. The van der Waals surface area contributed by atoms with Gasteiger partial charge in [-0.15, -0.1) is 0 Å². The topological polar surface area (TPSA) is 12.9 Å². The van der Waals surface area contributed by atoms with Gasteiger partial charge in [0.2, 0.25) is 0 Å². The van der Waals surface area contributed by atoms with Crippen molar-refractivity contribution < 1.29 is 0 Å². The summed E-state index contributed by atoms with van der Waals surface area (Å²) in [6.07, 6.45) is 5.80. The molecule has 1 aromatic rings. The first-order valence-corrected chi connectivity index (χ1v) is 3.66. The Morgan fingerprint density at radius 3 is 3.00 bits per heavy atom. The van der Waals surface area contributed by atoms with E-state index in [0.29, 0.717) is 5.92 Å². The van der Waals surface area contributed by atoms with E-state index in [0.717, 1.165) is 0 Å². The molecule has 0 bridgehead atoms. The lowest BCUT2D eigenvalue weighted by Gasteiger charge is -2.06. The molecule has 0 N–H and O–H groups in total. The van der Waals surface area contributed by atoms with E-state index in [1.165, 1.54) is 12.0 Å². The summed E-state index contributed by atoms with van der Waals surface area (Å²) in [7, 11) is 0. The molecule has 1 nitrogen and oxygen atoms in total. The van der Waals surface area contributed by atoms with Gasteiger partial charge >= 0.3 is 0 Å². The van der Waals surface area contributed by atoms with E-state index in [-0.39, 0.29) is 0 Å². The largest absolute Gasteiger partial charge is 0.255 e. The van der Waals surface area contributed by atoms with Crippen LogP contribution in [0.25, 0.3) is 0 Å². The molecule has 0 aliphatic rings. The Kier molecular flexibility index (Phi) is 2.43. The molecule has 1 aromatic heterocycles. The van der Waals surface area contributed by atoms with Gasteiger partial charge in [0.1, 0.15) is 0 Å². The van der Waals surface area contributed by atoms with Crippen molar-refractivity contribution in [3.63, 3.8) is 0 Å². The van der Waals surface area contributed by atoms with Gasteiger partial charge in [-0.3, -0.25) is 4.98 Å². The van der Waals surface area contributed by atoms with E-state index in [9.17, 15) is 0 Å². The summed E-state index contributed by atoms with van der Waals surface area (Å²) in [5.74, 6) is 0.638. The van der Waals surface area contributed by atoms with Gasteiger partial charge in [-0.2, -0.15) is 0 Å². The van der Waals surface area contributed by atoms with Crippen molar-refractivity contribution in [1.29, 1.82) is 0 Å². The second kappa shape index (κ2) is 3.35. The third-order valence-electron chi connectivity index (χ3n) is 1.83. The Labute approximate surface area is 62.1 Å². The molecule has 1 heteroatoms. The van der Waals surface area contributed by atoms with Gasteiger partial charge < -0.3 is 0 Å². The Balaban J connectivity index is 2.75. The lowest BCUT2D eigenvalue weighted by atomic mass is 10.0. The van der Waals surface area contributed by atoms with Gasteiger partial charge in [-0.25, -0.2) is 0 Å². The van der Waals surface area contributed by atoms with E-state index >= 15 is 0 Å². The third kappa shape index (κ3) is 1.56. The zero-order valence-electron chi connectivity index (χ0n) is 6.46. The van der Waals surface area contributed by atoms with Crippen molar-refractivity contribution in [2.45, 2.75) is 26.2 Å². The molecule has 0 aliphatic heterocycles. The van der Waals surface area contributed by atoms with Crippen molar-refractivity contribution in [2.75, 3.05) is 0 Å². The molecule has 0 fully saturated rings. The molecule has 53 valence electrons. The van der Waals surface area contributed by atoms with Crippen LogP contribution in [-0.4, -0.2) is 4.98 Å². The Bertz CT molecular complexity index is 181. The van der Waals surface area contributed by atoms with Gasteiger partial charge in [0.25, 0.3) is 0 Å². The van der Waals surface area contributed by atoms with E-state index in [2.05, 4.69) is 25.0 Å². The van der Waals surface area contributed by atoms with Gasteiger partial charge in [-0.05, 0) is 30.0 Å². The Morgan fingerprint density at radius 2 is 2.50 bits per heavy atom. The van der Waals surface area contributed by atoms with Crippen LogP contribution < -0.4 is 0 Å². The minimum atomic E-state index is 0.638. The van der Waals surface area contributed by atoms with Crippen LogP contribution in [0.4, 0.5) is 0 Å². The number of nitrogens with zero attached hydrogens (tertiary/aromatic N) is 1. The Hall–Kier alpha value is -0.850. The number of pyridine rings is 1. The molecule has 0 amide bonds. The quantitative estimate of drug-likeness (QED) is 0.605. The van der Waals surface area contributed by atoms with Crippen LogP contribution in [0.2, 0.25) is 0 Å². The zero-order valence-corrected chi connectivity index (χ0v) is 6.46. The second-order valence-corrected chi connectivity index (χ2v) is 2.53. The molecule has 0 saturated heterocycles. The van der Waals surface area contributed by atoms with Gasteiger partial charge in [0, 0.05) is 6.20 Å². The summed E-state index contributed by atoms with van der Waals surface area (Å²) in [5.41, 5.74) is 1.33. The highest BCUT2D eigenvalue weighted by Crippen LogP contribution is 2.15. The number of hydrogen-bond donors (Lipinski definition) is 0. The smallest absolute Gasteiger partial charge is 0.0889 e. The number of rotatable bonds is 2. The second-order valence-electron chi connectivity index (χ2n) is 2.53. The van der Waals surface area contributed by atoms with Crippen molar-refractivity contribution in [3.8, 4) is 0 Å². The van der Waals surface area contributed by atoms with Crippen LogP contribution in [0.15, 0.2) is 18.3 Å². The molecular weight excluding hydrogens is 122 g/mol. The molecule has 10 heavy (non-hydrogen) atoms. The summed E-state index contributed by atoms with van der Waals surface area (Å²) in [5, 5.41) is 0. The minimum Gasteiger partial charge on any atom is -0.255 e. The maximum Gasteiger partial charge on any atom is 0.0889 e. The van der Waals surface area contributed by atoms with Crippen molar-refractivity contribution >= 4 is 0 Å². The van der Waals surface area contributed by atoms with Crippen molar-refractivity contribution in [1.82, 2.24) is 4.98 Å². The van der Waals surface area contributed by atoms with E-state index in [1.807, 2.05) is 12.1 Å². The molecule has 1 unspecified atom stereocenters. The number of aromatic nitrogens is 1. The molecule has 0 spiro atoms. The predicted molar refractivity (Wildman–Crippen MR) is 41.8 cm³/mol. The van der Waals surface area contributed by atoms with Crippen LogP contribution in [0.3, 0.4) is 0 Å². The summed E-state index contributed by atoms with van der Waals surface area (Å²) < 4.78 is 0. The Morgan fingerprint density at radius 1 is 1.70 bits per heavy atom. The van der Waals surface area contributed by atoms with E-state index in [4.69, 9.17) is 0 Å². The SMILES string of the molecule is CCC(C)c1c[c]ncc1. The first-order valence-electron chi connectivity index (χ1n) is 3.66. The van der Waals surface area contributed by atoms with Crippen LogP contribution >= 0.6 is 0 Å². The minimum absolute atomic E-state index is 0.638. The first kappa shape index (κ1) is 7.26. The fraction of sp³-hybridized carbons (Fsp3) is 0.444. The molecule has 1 atom stereocenters. The average Bonchev–Trinajstić information content (AvgIpc) is 2.05. The van der Waals surface area contributed by atoms with Gasteiger partial charge in [-0.1, -0.05) is 13.8 Å². The third-order valence-corrected chi connectivity index (χ3v) is 1.83. The molecule has 0 saturated carbocycles. The van der Waals surface area contributed by atoms with Crippen molar-refractivity contribution in [3.05, 3.63) is 30.1 Å². The summed E-state index contributed by atoms with van der Waals surface area (Å²) >= 11 is 0. The highest BCUT2D eigenvalue weighted by atomic mass is 14.6. The highest BCUT2D eigenvalue weighted by molar-refractivity contribution is 5.13. The summed E-state index contributed by atoms with van der Waals surface area (Å²) in [6, 6.07) is 4.00. The lowest BCUT2D eigenvalue weighted by molar-refractivity contribution is 0.732. The molecule has 1 radical (unpaired) electrons. The van der Waals surface area contributed by atoms with Crippen LogP contribution in [0.5, 0.6) is 0 Å². The monoisotopic (exact) mass is 134 g/mol. The van der Waals surface area contributed by atoms with E-state index in [1.54, 1.807) is 6.20 Å². The normalized spacial score (nSPS) is 13.0. The van der Waals surface area contributed by atoms with E-state index < -0.39 is 0 Å². The maximum absolute atomic E-state index is 3.84. The fourth-order valence-corrected chi connectivity index (χ4v) is 0.869. The highest BCUT2D eigenvalue weighted by Gasteiger charge is 1.99. The molecular formula is C9H12N. The molecule has 1 heterocycles. The predicted octanol–water partition coefficient (Wildman–Crippen LogP) is 2.40. The maximum atomic E-state index is 3.84. The fourth-order valence-electron chi connectivity index (χ4n) is 0.869. The average molecular weight is 134 g/mol. The lowest BCUT2D eigenvalue weighted by Crippen LogP contribution is -1.90. The molecule has 0 aromatic carbocycles. The van der Waals surface area contributed by atoms with Gasteiger partial charge in [0.05, 0.1) is 6.20 Å². The van der Waals surface area contributed by atoms with Crippen LogP contribution in [0, 0.1) is 6.20 Å². The first-order chi connectivity index (χ1) is 4.84. The van der Waals surface area contributed by atoms with Gasteiger partial charge in [0.15, 0.2) is 0 Å². The summed E-state index contributed by atoms with van der Waals surface area (Å²) in [6.45, 7) is 4.40. The molecule has 1 rings (SSSR count). The van der Waals surface area contributed by atoms with Crippen LogP contribution in [-0.2, 0) is 0 Å². The molecule has 0 aliphatic carbocycles. The van der Waals surface area contributed by atoms with Crippen molar-refractivity contribution in [2.24, 2.45) is 0 Å². The number of hydrogen-bond acceptors (Lipinski definition) is 1. The summed E-state index contributed by atoms with van der Waals surface area (Å²) in [4.78, 5) is 3.84. The standard InChI is InChI=1S/C9H12N/c1-3-8(2)9-4-6-10-7-5-9/h4-6,8H,3H2,1-2H3. The van der Waals surface area contributed by atoms with Crippen LogP contribution in [0.1, 0.15) is 31.7 Å².